The van der Waals surface area contributed by atoms with Crippen molar-refractivity contribution in [3.63, 3.8) is 0 Å². The number of aromatic amines is 2. The highest BCUT2D eigenvalue weighted by molar-refractivity contribution is 6.00. The van der Waals surface area contributed by atoms with Gasteiger partial charge < -0.3 is 9.97 Å². The van der Waals surface area contributed by atoms with Crippen LogP contribution in [0.3, 0.4) is 0 Å². The molecule has 0 aliphatic carbocycles. The third kappa shape index (κ3) is 5.64. The molecular formula is C44H28N6O4. The van der Waals surface area contributed by atoms with E-state index in [4.69, 9.17) is 9.97 Å². The van der Waals surface area contributed by atoms with Crippen LogP contribution in [0, 0.1) is 20.2 Å². The second-order valence-corrected chi connectivity index (χ2v) is 12.8. The summed E-state index contributed by atoms with van der Waals surface area (Å²) in [6.45, 7) is 0. The Kier molecular flexibility index (Phi) is 7.82. The van der Waals surface area contributed by atoms with Gasteiger partial charge in [0.05, 0.1) is 44.3 Å². The summed E-state index contributed by atoms with van der Waals surface area (Å²) in [4.78, 5) is 40.7. The van der Waals surface area contributed by atoms with Crippen LogP contribution < -0.4 is 0 Å². The smallest absolute Gasteiger partial charge is 0.284 e. The molecule has 5 heterocycles. The molecule has 2 aliphatic heterocycles. The number of hydrogen-bond acceptors (Lipinski definition) is 6. The van der Waals surface area contributed by atoms with Gasteiger partial charge in [0.15, 0.2) is 0 Å². The zero-order chi connectivity index (χ0) is 36.8. The minimum atomic E-state index is -0.638. The fourth-order valence-corrected chi connectivity index (χ4v) is 7.21. The first-order valence-corrected chi connectivity index (χ1v) is 17.2. The van der Waals surface area contributed by atoms with Gasteiger partial charge in [0.25, 0.3) is 11.4 Å². The van der Waals surface area contributed by atoms with Gasteiger partial charge in [-0.05, 0) is 71.3 Å². The summed E-state index contributed by atoms with van der Waals surface area (Å²) < 4.78 is 0. The lowest BCUT2D eigenvalue weighted by Crippen LogP contribution is -1.97. The Morgan fingerprint density at radius 1 is 0.426 bits per heavy atom. The first-order valence-electron chi connectivity index (χ1n) is 17.2. The molecule has 8 bridgehead atoms. The number of nitro groups is 2. The van der Waals surface area contributed by atoms with Crippen LogP contribution >= 0.6 is 0 Å². The van der Waals surface area contributed by atoms with Crippen LogP contribution in [0.1, 0.15) is 22.8 Å². The molecule has 10 nitrogen and oxygen atoms in total. The van der Waals surface area contributed by atoms with Crippen LogP contribution in [-0.4, -0.2) is 29.8 Å². The van der Waals surface area contributed by atoms with Crippen molar-refractivity contribution in [1.82, 2.24) is 19.9 Å². The van der Waals surface area contributed by atoms with Gasteiger partial charge in [-0.3, -0.25) is 20.2 Å². The number of nitrogens with one attached hydrogen (secondary N) is 2. The molecule has 54 heavy (non-hydrogen) atoms. The Labute approximate surface area is 307 Å². The number of H-pyrrole nitrogens is 2. The number of nitrogens with zero attached hydrogens (tertiary/aromatic N) is 4. The molecule has 0 amide bonds. The molecule has 0 spiro atoms. The number of rotatable bonds is 6. The average molecular weight is 705 g/mol. The zero-order valence-electron chi connectivity index (χ0n) is 28.4. The van der Waals surface area contributed by atoms with Crippen LogP contribution in [0.15, 0.2) is 133 Å². The van der Waals surface area contributed by atoms with Gasteiger partial charge in [0.1, 0.15) is 0 Å². The first-order chi connectivity index (χ1) is 26.4. The second kappa shape index (κ2) is 13.1. The Balaban J connectivity index is 1.48. The van der Waals surface area contributed by atoms with E-state index in [9.17, 15) is 20.2 Å². The van der Waals surface area contributed by atoms with Crippen LogP contribution in [-0.2, 0) is 0 Å². The third-order valence-electron chi connectivity index (χ3n) is 9.60. The monoisotopic (exact) mass is 704 g/mol. The summed E-state index contributed by atoms with van der Waals surface area (Å²) in [5.74, 6) is 0. The molecule has 7 aromatic rings. The highest BCUT2D eigenvalue weighted by Gasteiger charge is 2.25. The molecule has 4 aromatic carbocycles. The molecule has 9 rings (SSSR count). The molecule has 0 unspecified atom stereocenters. The molecule has 10 heteroatoms. The fraction of sp³-hybridized carbons (Fsp3) is 0. The van der Waals surface area contributed by atoms with Crippen LogP contribution in [0.4, 0.5) is 11.4 Å². The summed E-state index contributed by atoms with van der Waals surface area (Å²) in [6, 6.07) is 41.5. The van der Waals surface area contributed by atoms with Crippen molar-refractivity contribution in [2.45, 2.75) is 0 Å². The molecule has 2 aliphatic rings. The Hall–Kier alpha value is -7.72. The Bertz CT molecular complexity index is 2840. The van der Waals surface area contributed by atoms with E-state index < -0.39 is 15.5 Å². The van der Waals surface area contributed by atoms with Gasteiger partial charge in [0, 0.05) is 50.4 Å². The minimum Gasteiger partial charge on any atom is -0.354 e. The lowest BCUT2D eigenvalue weighted by Gasteiger charge is -2.07. The van der Waals surface area contributed by atoms with E-state index in [1.807, 2.05) is 127 Å². The van der Waals surface area contributed by atoms with E-state index in [-0.39, 0.29) is 11.3 Å². The maximum absolute atomic E-state index is 12.6. The summed E-state index contributed by atoms with van der Waals surface area (Å²) in [5.41, 5.74) is 10.8. The van der Waals surface area contributed by atoms with Crippen LogP contribution in [0.2, 0.25) is 0 Å². The Morgan fingerprint density at radius 3 is 1.17 bits per heavy atom. The van der Waals surface area contributed by atoms with Crippen molar-refractivity contribution in [1.29, 1.82) is 0 Å². The second-order valence-electron chi connectivity index (χ2n) is 12.8. The predicted octanol–water partition coefficient (Wildman–Crippen LogP) is 11.1. The van der Waals surface area contributed by atoms with Gasteiger partial charge in [0.2, 0.25) is 0 Å². The molecule has 0 saturated heterocycles. The highest BCUT2D eigenvalue weighted by Crippen LogP contribution is 2.41. The lowest BCUT2D eigenvalue weighted by atomic mass is 10.0. The van der Waals surface area contributed by atoms with E-state index in [2.05, 4.69) is 22.1 Å². The van der Waals surface area contributed by atoms with Crippen molar-refractivity contribution >= 4 is 57.7 Å². The van der Waals surface area contributed by atoms with Gasteiger partial charge in [-0.15, -0.1) is 0 Å². The van der Waals surface area contributed by atoms with E-state index in [0.29, 0.717) is 22.5 Å². The van der Waals surface area contributed by atoms with E-state index in [1.165, 1.54) is 12.1 Å². The third-order valence-corrected chi connectivity index (χ3v) is 9.60. The Morgan fingerprint density at radius 2 is 0.796 bits per heavy atom. The predicted molar refractivity (Wildman–Crippen MR) is 214 cm³/mol. The molecule has 2 N–H and O–H groups in total. The highest BCUT2D eigenvalue weighted by atomic mass is 16.6. The number of non-ortho nitro benzene ring substituents is 1. The molecule has 3 aromatic heterocycles. The first kappa shape index (κ1) is 32.2. The standard InChI is InChI=1S/C44H28N6O4/c51-49(52)30-16-17-31(40(26-30)50(53)54)44-38-24-22-36(47-38)42(28-12-6-2-7-13-28)34-20-18-32(45-34)41(27-10-4-1-5-11-27)33-19-21-35(46-33)43(29-14-8-3-9-15-29)37-23-25-39(44)48-37/h1-26,45,48H. The largest absolute Gasteiger partial charge is 0.354 e. The van der Waals surface area contributed by atoms with E-state index in [1.54, 1.807) is 0 Å². The zero-order valence-corrected chi connectivity index (χ0v) is 28.4. The van der Waals surface area contributed by atoms with Crippen molar-refractivity contribution in [2.75, 3.05) is 0 Å². The quantitative estimate of drug-likeness (QED) is 0.130. The number of fused-ring (bicyclic) bond motifs is 8. The van der Waals surface area contributed by atoms with Gasteiger partial charge >= 0.3 is 0 Å². The summed E-state index contributed by atoms with van der Waals surface area (Å²) in [6.07, 6.45) is 7.74. The van der Waals surface area contributed by atoms with Crippen molar-refractivity contribution in [3.8, 4) is 44.5 Å². The van der Waals surface area contributed by atoms with E-state index >= 15 is 0 Å². The minimum absolute atomic E-state index is 0.185. The number of hydrogen-bond donors (Lipinski definition) is 2. The summed E-state index contributed by atoms with van der Waals surface area (Å²) in [7, 11) is 0. The maximum Gasteiger partial charge on any atom is 0.284 e. The van der Waals surface area contributed by atoms with E-state index in [0.717, 1.165) is 67.4 Å². The van der Waals surface area contributed by atoms with Gasteiger partial charge in [-0.25, -0.2) is 9.97 Å². The topological polar surface area (TPSA) is 144 Å². The molecule has 0 saturated carbocycles. The van der Waals surface area contributed by atoms with Crippen LogP contribution in [0.5, 0.6) is 0 Å². The molecule has 258 valence electrons. The fourth-order valence-electron chi connectivity index (χ4n) is 7.21. The van der Waals surface area contributed by atoms with Gasteiger partial charge in [-0.2, -0.15) is 0 Å². The SMILES string of the molecule is O=[N+]([O-])c1ccc(-c2c3nc(c(-c4ccccc4)c4ccc([nH]4)c(-c4ccccc4)c4nc(c(-c5ccccc5)c5ccc2[nH]5)C=C4)C=C3)c([N+](=O)[O-])c1. The number of benzene rings is 4. The van der Waals surface area contributed by atoms with Crippen molar-refractivity contribution < 1.29 is 9.85 Å². The average Bonchev–Trinajstić information content (AvgIpc) is 4.04. The van der Waals surface area contributed by atoms with Crippen molar-refractivity contribution in [2.24, 2.45) is 0 Å². The van der Waals surface area contributed by atoms with Gasteiger partial charge in [-0.1, -0.05) is 91.0 Å². The maximum atomic E-state index is 12.6. The van der Waals surface area contributed by atoms with Crippen molar-refractivity contribution in [3.05, 3.63) is 176 Å². The van der Waals surface area contributed by atoms with Crippen LogP contribution in [0.25, 0.3) is 90.9 Å². The normalized spacial score (nSPS) is 11.9. The molecule has 0 radical (unpaired) electrons. The lowest BCUT2D eigenvalue weighted by molar-refractivity contribution is -0.393. The molecule has 0 atom stereocenters. The molecule has 0 fully saturated rings. The summed E-state index contributed by atoms with van der Waals surface area (Å²) >= 11 is 0. The summed E-state index contributed by atoms with van der Waals surface area (Å²) in [5, 5.41) is 24.3. The number of nitro benzene ring substituents is 2. The molecular weight excluding hydrogens is 677 g/mol. The number of aromatic nitrogens is 4.